The first-order valence-corrected chi connectivity index (χ1v) is 16.6. The predicted molar refractivity (Wildman–Crippen MR) is 186 cm³/mol. The van der Waals surface area contributed by atoms with Gasteiger partial charge in [0, 0.05) is 43.7 Å². The number of fused-ring (bicyclic) bond motifs is 2. The monoisotopic (exact) mass is 675 g/mol. The summed E-state index contributed by atoms with van der Waals surface area (Å²) in [5.41, 5.74) is 11.5. The van der Waals surface area contributed by atoms with Gasteiger partial charge in [-0.15, -0.1) is 0 Å². The summed E-state index contributed by atoms with van der Waals surface area (Å²) >= 11 is 0. The van der Waals surface area contributed by atoms with Crippen LogP contribution >= 0.6 is 0 Å². The maximum Gasteiger partial charge on any atom is 0.276 e. The standard InChI is InChI=1S/C35H37N11O4/c1-4-46-30(15-20(2)41-46)33(50)40-34-37-25-16-21(19-47)7-11-27(25)44(34)13-5-6-14-45-28-12-10-23(31(36)48)17-26(28)38-35(45)39-32(49)29-18-24(22-8-9-22)42-43(29)3/h7,10-12,15-19,22H,4-6,8-9,13-14H2,1-3H3,(H2,36,48)(H,37,40,50)(H,38,39,49). The number of primary amides is 1. The number of aromatic nitrogens is 8. The first kappa shape index (κ1) is 32.4. The van der Waals surface area contributed by atoms with Crippen LogP contribution in [-0.2, 0) is 26.7 Å². The quantitative estimate of drug-likeness (QED) is 0.118. The number of hydrogen-bond donors (Lipinski definition) is 3. The highest BCUT2D eigenvalue weighted by atomic mass is 16.2. The highest BCUT2D eigenvalue weighted by Gasteiger charge is 2.28. The normalized spacial score (nSPS) is 12.9. The van der Waals surface area contributed by atoms with Crippen molar-refractivity contribution >= 4 is 58.0 Å². The van der Waals surface area contributed by atoms with Crippen LogP contribution in [0.3, 0.4) is 0 Å². The SMILES string of the molecule is CCn1nc(C)cc1C(=O)Nc1nc2cc(C=O)ccc2n1CCCCn1c(NC(=O)c2cc(C3CC3)nn2C)nc2cc(C(N)=O)ccc21. The molecule has 0 radical (unpaired) electrons. The van der Waals surface area contributed by atoms with Gasteiger partial charge in [-0.3, -0.25) is 39.2 Å². The van der Waals surface area contributed by atoms with Crippen molar-refractivity contribution in [3.8, 4) is 0 Å². The van der Waals surface area contributed by atoms with Gasteiger partial charge in [-0.1, -0.05) is 0 Å². The van der Waals surface area contributed by atoms with Gasteiger partial charge in [0.15, 0.2) is 0 Å². The minimum atomic E-state index is -0.570. The average molecular weight is 676 g/mol. The molecule has 256 valence electrons. The van der Waals surface area contributed by atoms with Gasteiger partial charge in [0.05, 0.1) is 33.5 Å². The summed E-state index contributed by atoms with van der Waals surface area (Å²) in [6.45, 7) is 5.27. The van der Waals surface area contributed by atoms with Crippen molar-refractivity contribution in [3.63, 3.8) is 0 Å². The Morgan fingerprint density at radius 2 is 1.48 bits per heavy atom. The van der Waals surface area contributed by atoms with E-state index < -0.39 is 5.91 Å². The molecule has 15 nitrogen and oxygen atoms in total. The number of unbranched alkanes of at least 4 members (excludes halogenated alkanes) is 1. The molecule has 2 aromatic carbocycles. The first-order valence-electron chi connectivity index (χ1n) is 16.6. The zero-order valence-electron chi connectivity index (χ0n) is 28.0. The second kappa shape index (κ2) is 13.1. The molecule has 4 N–H and O–H groups in total. The molecular weight excluding hydrogens is 638 g/mol. The highest BCUT2D eigenvalue weighted by Crippen LogP contribution is 2.39. The van der Waals surface area contributed by atoms with E-state index in [2.05, 4.69) is 30.8 Å². The molecule has 1 fully saturated rings. The number of rotatable bonds is 13. The number of nitrogens with zero attached hydrogens (tertiary/aromatic N) is 8. The minimum absolute atomic E-state index is 0.317. The van der Waals surface area contributed by atoms with Gasteiger partial charge in [-0.05, 0) is 88.1 Å². The maximum atomic E-state index is 13.4. The lowest BCUT2D eigenvalue weighted by Gasteiger charge is -2.13. The lowest BCUT2D eigenvalue weighted by atomic mass is 10.2. The van der Waals surface area contributed by atoms with Crippen LogP contribution in [0, 0.1) is 6.92 Å². The molecule has 0 aliphatic heterocycles. The molecule has 7 rings (SSSR count). The van der Waals surface area contributed by atoms with Crippen molar-refractivity contribution < 1.29 is 19.2 Å². The zero-order chi connectivity index (χ0) is 35.1. The van der Waals surface area contributed by atoms with Gasteiger partial charge in [-0.25, -0.2) is 9.97 Å². The van der Waals surface area contributed by atoms with Gasteiger partial charge in [0.1, 0.15) is 17.7 Å². The molecule has 1 aliphatic carbocycles. The van der Waals surface area contributed by atoms with E-state index in [4.69, 9.17) is 5.73 Å². The maximum absolute atomic E-state index is 13.4. The number of amides is 3. The van der Waals surface area contributed by atoms with Crippen LogP contribution in [-0.4, -0.2) is 62.7 Å². The largest absolute Gasteiger partial charge is 0.366 e. The van der Waals surface area contributed by atoms with E-state index in [-0.39, 0.29) is 11.8 Å². The van der Waals surface area contributed by atoms with E-state index in [0.717, 1.165) is 41.5 Å². The van der Waals surface area contributed by atoms with E-state index in [1.165, 1.54) is 0 Å². The van der Waals surface area contributed by atoms with Crippen LogP contribution in [0.25, 0.3) is 22.1 Å². The number of aryl methyl sites for hydroxylation is 5. The fourth-order valence-electron chi connectivity index (χ4n) is 6.27. The van der Waals surface area contributed by atoms with Crippen molar-refractivity contribution in [2.24, 2.45) is 12.8 Å². The van der Waals surface area contributed by atoms with Gasteiger partial charge < -0.3 is 14.9 Å². The van der Waals surface area contributed by atoms with E-state index in [9.17, 15) is 19.2 Å². The number of carbonyl (C=O) groups excluding carboxylic acids is 4. The Bertz CT molecular complexity index is 2300. The van der Waals surface area contributed by atoms with Gasteiger partial charge >= 0.3 is 0 Å². The molecule has 0 spiro atoms. The van der Waals surface area contributed by atoms with Gasteiger partial charge in [0.25, 0.3) is 11.8 Å². The van der Waals surface area contributed by atoms with Crippen LogP contribution in [0.15, 0.2) is 48.5 Å². The molecule has 0 atom stereocenters. The third-order valence-corrected chi connectivity index (χ3v) is 8.97. The van der Waals surface area contributed by atoms with Crippen LogP contribution in [0.1, 0.15) is 91.6 Å². The Morgan fingerprint density at radius 3 is 2.08 bits per heavy atom. The fraction of sp³-hybridized carbons (Fsp3) is 0.314. The fourth-order valence-corrected chi connectivity index (χ4v) is 6.27. The number of carbonyl (C=O) groups is 4. The lowest BCUT2D eigenvalue weighted by Crippen LogP contribution is -2.20. The molecule has 3 amide bonds. The van der Waals surface area contributed by atoms with Crippen molar-refractivity contribution in [2.45, 2.75) is 65.1 Å². The Kier molecular flexibility index (Phi) is 8.47. The summed E-state index contributed by atoms with van der Waals surface area (Å²) < 4.78 is 7.06. The smallest absolute Gasteiger partial charge is 0.276 e. The molecule has 50 heavy (non-hydrogen) atoms. The first-order chi connectivity index (χ1) is 24.1. The number of imidazole rings is 2. The van der Waals surface area contributed by atoms with Crippen molar-refractivity contribution in [2.75, 3.05) is 10.6 Å². The third-order valence-electron chi connectivity index (χ3n) is 8.97. The second-order valence-corrected chi connectivity index (χ2v) is 12.6. The van der Waals surface area contributed by atoms with Crippen LogP contribution in [0.2, 0.25) is 0 Å². The number of hydrogen-bond acceptors (Lipinski definition) is 8. The molecule has 4 aromatic heterocycles. The Morgan fingerprint density at radius 1 is 0.860 bits per heavy atom. The summed E-state index contributed by atoms with van der Waals surface area (Å²) in [7, 11) is 1.75. The molecule has 6 aromatic rings. The number of benzene rings is 2. The average Bonchev–Trinajstić information content (AvgIpc) is 3.45. The van der Waals surface area contributed by atoms with E-state index in [0.29, 0.717) is 83.8 Å². The number of aldehydes is 1. The molecule has 1 aliphatic rings. The van der Waals surface area contributed by atoms with Crippen molar-refractivity contribution in [3.05, 3.63) is 82.4 Å². The summed E-state index contributed by atoms with van der Waals surface area (Å²) in [5.74, 6) is -0.143. The Hall–Kier alpha value is -6.12. The Labute approximate surface area is 286 Å². The van der Waals surface area contributed by atoms with Crippen molar-refractivity contribution in [1.82, 2.24) is 38.7 Å². The number of nitrogens with two attached hydrogens (primary N) is 1. The summed E-state index contributed by atoms with van der Waals surface area (Å²) in [6.07, 6.45) is 4.22. The molecule has 0 bridgehead atoms. The lowest BCUT2D eigenvalue weighted by molar-refractivity contribution is 0.0995. The molecule has 0 unspecified atom stereocenters. The van der Waals surface area contributed by atoms with Crippen molar-refractivity contribution in [1.29, 1.82) is 0 Å². The van der Waals surface area contributed by atoms with E-state index in [1.807, 2.05) is 35.1 Å². The molecule has 0 saturated heterocycles. The van der Waals surface area contributed by atoms with Gasteiger partial charge in [-0.2, -0.15) is 10.2 Å². The summed E-state index contributed by atoms with van der Waals surface area (Å²) in [6, 6.07) is 13.8. The van der Waals surface area contributed by atoms with Gasteiger partial charge in [0.2, 0.25) is 17.8 Å². The molecular formula is C35H37N11O4. The van der Waals surface area contributed by atoms with Crippen LogP contribution in [0.5, 0.6) is 0 Å². The summed E-state index contributed by atoms with van der Waals surface area (Å²) in [4.78, 5) is 59.6. The highest BCUT2D eigenvalue weighted by molar-refractivity contribution is 6.04. The van der Waals surface area contributed by atoms with E-state index in [1.54, 1.807) is 52.8 Å². The molecule has 15 heteroatoms. The summed E-state index contributed by atoms with van der Waals surface area (Å²) in [5, 5.41) is 14.8. The number of nitrogens with one attached hydrogen (secondary N) is 2. The second-order valence-electron chi connectivity index (χ2n) is 12.6. The third kappa shape index (κ3) is 6.24. The van der Waals surface area contributed by atoms with Crippen LogP contribution in [0.4, 0.5) is 11.9 Å². The topological polar surface area (TPSA) is 190 Å². The Balaban J connectivity index is 1.13. The molecule has 1 saturated carbocycles. The molecule has 4 heterocycles. The minimum Gasteiger partial charge on any atom is -0.366 e. The zero-order valence-corrected chi connectivity index (χ0v) is 28.0. The predicted octanol–water partition coefficient (Wildman–Crippen LogP) is 4.42. The van der Waals surface area contributed by atoms with E-state index >= 15 is 0 Å². The number of anilines is 2. The van der Waals surface area contributed by atoms with Crippen LogP contribution < -0.4 is 16.4 Å².